The molecule has 7 heteroatoms. The molecule has 3 N–H and O–H groups in total. The summed E-state index contributed by atoms with van der Waals surface area (Å²) in [5, 5.41) is -0.433. The first-order valence-corrected chi connectivity index (χ1v) is 6.94. The third-order valence-corrected chi connectivity index (χ3v) is 4.51. The van der Waals surface area contributed by atoms with Crippen molar-refractivity contribution in [3.05, 3.63) is 18.3 Å². The molecule has 17 heavy (non-hydrogen) atoms. The van der Waals surface area contributed by atoms with E-state index in [1.54, 1.807) is 12.1 Å². The van der Waals surface area contributed by atoms with Gasteiger partial charge in [0.25, 0.3) is 0 Å². The lowest BCUT2D eigenvalue weighted by atomic mass is 10.2. The Labute approximate surface area is 100 Å². The molecule has 0 atom stereocenters. The molecule has 0 unspecified atom stereocenters. The Morgan fingerprint density at radius 2 is 2.12 bits per heavy atom. The molecule has 1 aliphatic heterocycles. The van der Waals surface area contributed by atoms with Crippen LogP contribution in [0.4, 0.5) is 11.5 Å². The lowest BCUT2D eigenvalue weighted by molar-refractivity contribution is 0.0984. The molecule has 2 rings (SSSR count). The number of pyridine rings is 1. The van der Waals surface area contributed by atoms with Crippen molar-refractivity contribution in [1.82, 2.24) is 4.98 Å². The van der Waals surface area contributed by atoms with Gasteiger partial charge in [0.1, 0.15) is 0 Å². The normalized spacial score (nSPS) is 17.9. The Balaban J connectivity index is 2.14. The van der Waals surface area contributed by atoms with Gasteiger partial charge < -0.3 is 10.5 Å². The highest BCUT2D eigenvalue weighted by Crippen LogP contribution is 2.21. The van der Waals surface area contributed by atoms with Gasteiger partial charge in [-0.1, -0.05) is 0 Å². The van der Waals surface area contributed by atoms with Crippen molar-refractivity contribution in [3.63, 3.8) is 0 Å². The van der Waals surface area contributed by atoms with E-state index in [2.05, 4.69) is 9.71 Å². The molecule has 0 aliphatic carbocycles. The van der Waals surface area contributed by atoms with E-state index in [1.165, 1.54) is 6.20 Å². The van der Waals surface area contributed by atoms with Crippen LogP contribution >= 0.6 is 0 Å². The molecule has 0 radical (unpaired) electrons. The molecule has 0 amide bonds. The van der Waals surface area contributed by atoms with E-state index in [4.69, 9.17) is 10.5 Å². The molecule has 2 heterocycles. The third kappa shape index (κ3) is 2.86. The zero-order valence-corrected chi connectivity index (χ0v) is 10.1. The van der Waals surface area contributed by atoms with Gasteiger partial charge in [0.15, 0.2) is 5.82 Å². The molecule has 94 valence electrons. The Hall–Kier alpha value is -1.34. The summed E-state index contributed by atoms with van der Waals surface area (Å²) in [6.45, 7) is 0.951. The molecule has 1 saturated heterocycles. The third-order valence-electron chi connectivity index (χ3n) is 2.69. The van der Waals surface area contributed by atoms with Crippen LogP contribution in [0.1, 0.15) is 12.8 Å². The van der Waals surface area contributed by atoms with Gasteiger partial charge in [-0.2, -0.15) is 0 Å². The van der Waals surface area contributed by atoms with E-state index in [0.29, 0.717) is 31.7 Å². The lowest BCUT2D eigenvalue weighted by Crippen LogP contribution is -2.33. The highest BCUT2D eigenvalue weighted by atomic mass is 32.2. The largest absolute Gasteiger partial charge is 0.396 e. The van der Waals surface area contributed by atoms with Crippen molar-refractivity contribution < 1.29 is 13.2 Å². The minimum atomic E-state index is -3.43. The Morgan fingerprint density at radius 1 is 1.41 bits per heavy atom. The second-order valence-electron chi connectivity index (χ2n) is 3.90. The van der Waals surface area contributed by atoms with Gasteiger partial charge in [0, 0.05) is 19.4 Å². The van der Waals surface area contributed by atoms with E-state index in [0.717, 1.165) is 0 Å². The number of nitrogens with one attached hydrogen (secondary N) is 1. The van der Waals surface area contributed by atoms with Gasteiger partial charge in [-0.15, -0.1) is 0 Å². The van der Waals surface area contributed by atoms with Crippen LogP contribution in [0.25, 0.3) is 0 Å². The van der Waals surface area contributed by atoms with Gasteiger partial charge in [-0.25, -0.2) is 13.4 Å². The molecule has 1 aliphatic rings. The number of aromatic nitrogens is 1. The maximum atomic E-state index is 12.0. The molecule has 6 nitrogen and oxygen atoms in total. The summed E-state index contributed by atoms with van der Waals surface area (Å²) in [4.78, 5) is 3.91. The second kappa shape index (κ2) is 4.89. The highest BCUT2D eigenvalue weighted by molar-refractivity contribution is 7.93. The number of hydrogen-bond donors (Lipinski definition) is 2. The first kappa shape index (κ1) is 12.1. The van der Waals surface area contributed by atoms with Gasteiger partial charge in [0.2, 0.25) is 10.0 Å². The SMILES string of the molecule is Nc1cccnc1NS(=O)(=O)C1CCOCC1. The number of nitrogens with zero attached hydrogens (tertiary/aromatic N) is 1. The van der Waals surface area contributed by atoms with Crippen molar-refractivity contribution in [1.29, 1.82) is 0 Å². The second-order valence-corrected chi connectivity index (χ2v) is 5.86. The van der Waals surface area contributed by atoms with E-state index in [1.807, 2.05) is 0 Å². The van der Waals surface area contributed by atoms with Gasteiger partial charge >= 0.3 is 0 Å². The average molecular weight is 257 g/mol. The fourth-order valence-electron chi connectivity index (χ4n) is 1.71. The molecule has 0 spiro atoms. The molecule has 0 bridgehead atoms. The smallest absolute Gasteiger partial charge is 0.236 e. The Bertz CT molecular complexity index is 483. The van der Waals surface area contributed by atoms with E-state index >= 15 is 0 Å². The van der Waals surface area contributed by atoms with Crippen molar-refractivity contribution in [2.75, 3.05) is 23.7 Å². The maximum absolute atomic E-state index is 12.0. The minimum absolute atomic E-state index is 0.194. The van der Waals surface area contributed by atoms with E-state index < -0.39 is 15.3 Å². The molecular weight excluding hydrogens is 242 g/mol. The van der Waals surface area contributed by atoms with Gasteiger partial charge in [0.05, 0.1) is 10.9 Å². The number of rotatable bonds is 3. The first-order valence-electron chi connectivity index (χ1n) is 5.39. The highest BCUT2D eigenvalue weighted by Gasteiger charge is 2.28. The zero-order valence-electron chi connectivity index (χ0n) is 9.30. The number of ether oxygens (including phenoxy) is 1. The summed E-state index contributed by atoms with van der Waals surface area (Å²) >= 11 is 0. The van der Waals surface area contributed by atoms with Crippen LogP contribution in [0.15, 0.2) is 18.3 Å². The van der Waals surface area contributed by atoms with Gasteiger partial charge in [-0.05, 0) is 25.0 Å². The first-order chi connectivity index (χ1) is 8.09. The van der Waals surface area contributed by atoms with Crippen molar-refractivity contribution in [3.8, 4) is 0 Å². The van der Waals surface area contributed by atoms with Crippen molar-refractivity contribution >= 4 is 21.5 Å². The summed E-state index contributed by atoms with van der Waals surface area (Å²) < 4.78 is 31.7. The zero-order chi connectivity index (χ0) is 12.3. The molecule has 1 aromatic rings. The van der Waals surface area contributed by atoms with Crippen LogP contribution in [0.5, 0.6) is 0 Å². The predicted molar refractivity (Wildman–Crippen MR) is 65.0 cm³/mol. The van der Waals surface area contributed by atoms with Crippen LogP contribution in [0.3, 0.4) is 0 Å². The van der Waals surface area contributed by atoms with Crippen LogP contribution in [-0.2, 0) is 14.8 Å². The van der Waals surface area contributed by atoms with Crippen LogP contribution < -0.4 is 10.5 Å². The summed E-state index contributed by atoms with van der Waals surface area (Å²) in [5.41, 5.74) is 5.97. The summed E-state index contributed by atoms with van der Waals surface area (Å²) in [6.07, 6.45) is 2.50. The lowest BCUT2D eigenvalue weighted by Gasteiger charge is -2.22. The number of sulfonamides is 1. The number of anilines is 2. The number of hydrogen-bond acceptors (Lipinski definition) is 5. The Morgan fingerprint density at radius 3 is 2.76 bits per heavy atom. The number of nitrogen functional groups attached to an aromatic ring is 1. The maximum Gasteiger partial charge on any atom is 0.236 e. The fraction of sp³-hybridized carbons (Fsp3) is 0.500. The summed E-state index contributed by atoms with van der Waals surface area (Å²) in [5.74, 6) is 0.194. The van der Waals surface area contributed by atoms with Crippen LogP contribution in [0, 0.1) is 0 Å². The standard InChI is InChI=1S/C10H15N3O3S/c11-9-2-1-5-12-10(9)13-17(14,15)8-3-6-16-7-4-8/h1-2,5,8H,3-4,6-7,11H2,(H,12,13). The topological polar surface area (TPSA) is 94.3 Å². The monoisotopic (exact) mass is 257 g/mol. The van der Waals surface area contributed by atoms with Crippen LogP contribution in [-0.4, -0.2) is 31.9 Å². The average Bonchev–Trinajstić information content (AvgIpc) is 2.33. The predicted octanol–water partition coefficient (Wildman–Crippen LogP) is 0.584. The van der Waals surface area contributed by atoms with Crippen molar-refractivity contribution in [2.24, 2.45) is 0 Å². The Kier molecular flexibility index (Phi) is 3.49. The van der Waals surface area contributed by atoms with Gasteiger partial charge in [-0.3, -0.25) is 4.72 Å². The fourth-order valence-corrected chi connectivity index (χ4v) is 3.13. The quantitative estimate of drug-likeness (QED) is 0.826. The molecule has 1 fully saturated rings. The summed E-state index contributed by atoms with van der Waals surface area (Å²) in [6, 6.07) is 3.26. The van der Waals surface area contributed by atoms with Crippen LogP contribution in [0.2, 0.25) is 0 Å². The molecular formula is C10H15N3O3S. The molecule has 0 saturated carbocycles. The number of nitrogens with two attached hydrogens (primary N) is 1. The summed E-state index contributed by atoms with van der Waals surface area (Å²) in [7, 11) is -3.43. The molecule has 1 aromatic heterocycles. The van der Waals surface area contributed by atoms with E-state index in [9.17, 15) is 8.42 Å². The van der Waals surface area contributed by atoms with Crippen molar-refractivity contribution in [2.45, 2.75) is 18.1 Å². The molecule has 0 aromatic carbocycles. The van der Waals surface area contributed by atoms with E-state index in [-0.39, 0.29) is 5.82 Å². The minimum Gasteiger partial charge on any atom is -0.396 e.